The average Bonchev–Trinajstić information content (AvgIpc) is 2.34. The predicted octanol–water partition coefficient (Wildman–Crippen LogP) is 1.45. The van der Waals surface area contributed by atoms with Gasteiger partial charge < -0.3 is 4.84 Å². The van der Waals surface area contributed by atoms with Gasteiger partial charge in [-0.2, -0.15) is 0 Å². The fourth-order valence-corrected chi connectivity index (χ4v) is 0.610. The minimum atomic E-state index is 0.757. The number of nitrogens with zero attached hydrogens (tertiary/aromatic N) is 1. The van der Waals surface area contributed by atoms with Crippen molar-refractivity contribution in [3.05, 3.63) is 37.3 Å². The maximum atomic E-state index is 4.99. The largest absolute Gasteiger partial charge is 0.387 e. The zero-order valence-corrected chi connectivity index (χ0v) is 5.21. The molecule has 0 spiro atoms. The predicted molar refractivity (Wildman–Crippen MR) is 36.3 cm³/mol. The third-order valence-corrected chi connectivity index (χ3v) is 1.14. The summed E-state index contributed by atoms with van der Waals surface area (Å²) in [5.41, 5.74) is 1.08. The van der Waals surface area contributed by atoms with Gasteiger partial charge in [0, 0.05) is 11.8 Å². The van der Waals surface area contributed by atoms with E-state index in [0.717, 1.165) is 12.1 Å². The second-order valence-electron chi connectivity index (χ2n) is 1.76. The molecule has 0 fully saturated rings. The van der Waals surface area contributed by atoms with Crippen molar-refractivity contribution in [2.45, 2.75) is 0 Å². The zero-order chi connectivity index (χ0) is 6.69. The Kier molecular flexibility index (Phi) is 1.58. The Balaban J connectivity index is 2.48. The fourth-order valence-electron chi connectivity index (χ4n) is 0.610. The highest BCUT2D eigenvalue weighted by Crippen LogP contribution is 2.10. The topological polar surface area (TPSA) is 12.5 Å². The van der Waals surface area contributed by atoms with Crippen LogP contribution in [0.15, 0.2) is 37.3 Å². The van der Waals surface area contributed by atoms with Gasteiger partial charge in [0.05, 0.1) is 6.54 Å². The van der Waals surface area contributed by atoms with Crippen molar-refractivity contribution in [1.82, 2.24) is 5.06 Å². The highest BCUT2D eigenvalue weighted by Gasteiger charge is 2.07. The van der Waals surface area contributed by atoms with Crippen LogP contribution in [0.25, 0.3) is 0 Å². The normalized spacial score (nSPS) is 16.4. The molecule has 0 aromatic carbocycles. The summed E-state index contributed by atoms with van der Waals surface area (Å²) in [6, 6.07) is 0. The van der Waals surface area contributed by atoms with E-state index in [1.165, 1.54) is 0 Å². The van der Waals surface area contributed by atoms with Crippen LogP contribution in [0.5, 0.6) is 0 Å². The molecule has 2 nitrogen and oxygen atoms in total. The molecule has 0 aliphatic carbocycles. The van der Waals surface area contributed by atoms with Crippen molar-refractivity contribution in [2.24, 2.45) is 0 Å². The molecule has 1 aliphatic heterocycles. The van der Waals surface area contributed by atoms with Crippen molar-refractivity contribution < 1.29 is 4.84 Å². The van der Waals surface area contributed by atoms with E-state index >= 15 is 0 Å². The summed E-state index contributed by atoms with van der Waals surface area (Å²) in [6.07, 6.45) is 5.06. The van der Waals surface area contributed by atoms with Gasteiger partial charge in [0.2, 0.25) is 0 Å². The summed E-state index contributed by atoms with van der Waals surface area (Å²) in [6.45, 7) is 7.90. The molecule has 0 radical (unpaired) electrons. The quantitative estimate of drug-likeness (QED) is 0.551. The van der Waals surface area contributed by atoms with Gasteiger partial charge in [0.1, 0.15) is 6.26 Å². The zero-order valence-electron chi connectivity index (χ0n) is 5.21. The lowest BCUT2D eigenvalue weighted by molar-refractivity contribution is -0.0258. The van der Waals surface area contributed by atoms with Crippen LogP contribution in [0.4, 0.5) is 0 Å². The van der Waals surface area contributed by atoms with Crippen LogP contribution in [-0.4, -0.2) is 11.6 Å². The minimum absolute atomic E-state index is 0.757. The third kappa shape index (κ3) is 1.13. The number of hydrogen-bond donors (Lipinski definition) is 0. The lowest BCUT2D eigenvalue weighted by Crippen LogP contribution is -2.09. The Labute approximate surface area is 54.7 Å². The molecule has 0 atom stereocenters. The lowest BCUT2D eigenvalue weighted by atomic mass is 10.3. The van der Waals surface area contributed by atoms with Gasteiger partial charge in [-0.15, -0.1) is 0 Å². The third-order valence-electron chi connectivity index (χ3n) is 1.14. The summed E-state index contributed by atoms with van der Waals surface area (Å²) in [5.74, 6) is 0. The van der Waals surface area contributed by atoms with Gasteiger partial charge in [-0.25, -0.2) is 5.06 Å². The van der Waals surface area contributed by atoms with E-state index in [4.69, 9.17) is 4.84 Å². The number of hydroxylamine groups is 2. The molecule has 0 amide bonds. The van der Waals surface area contributed by atoms with Gasteiger partial charge in [0.25, 0.3) is 0 Å². The first-order chi connectivity index (χ1) is 4.36. The van der Waals surface area contributed by atoms with Crippen LogP contribution in [0.3, 0.4) is 0 Å². The highest BCUT2D eigenvalue weighted by atomic mass is 16.7. The van der Waals surface area contributed by atoms with E-state index in [1.807, 2.05) is 0 Å². The Hall–Kier alpha value is -1.18. The summed E-state index contributed by atoms with van der Waals surface area (Å²) in [7, 11) is 0. The molecule has 0 N–H and O–H groups in total. The Morgan fingerprint density at radius 1 is 1.67 bits per heavy atom. The van der Waals surface area contributed by atoms with Crippen LogP contribution in [0, 0.1) is 0 Å². The van der Waals surface area contributed by atoms with Gasteiger partial charge in [-0.3, -0.25) is 0 Å². The summed E-state index contributed by atoms with van der Waals surface area (Å²) in [5, 5.41) is 1.64. The summed E-state index contributed by atoms with van der Waals surface area (Å²) < 4.78 is 0. The maximum absolute atomic E-state index is 4.99. The van der Waals surface area contributed by atoms with Crippen molar-refractivity contribution >= 4 is 0 Å². The van der Waals surface area contributed by atoms with E-state index in [-0.39, 0.29) is 0 Å². The second kappa shape index (κ2) is 2.40. The monoisotopic (exact) mass is 123 g/mol. The molecule has 0 saturated carbocycles. The number of rotatable bonds is 2. The molecule has 1 aliphatic rings. The Morgan fingerprint density at radius 2 is 2.44 bits per heavy atom. The van der Waals surface area contributed by atoms with Crippen LogP contribution in [0.2, 0.25) is 0 Å². The van der Waals surface area contributed by atoms with Gasteiger partial charge in [-0.05, 0) is 0 Å². The first-order valence-electron chi connectivity index (χ1n) is 2.74. The van der Waals surface area contributed by atoms with E-state index in [2.05, 4.69) is 13.2 Å². The smallest absolute Gasteiger partial charge is 0.124 e. The van der Waals surface area contributed by atoms with Gasteiger partial charge in [0.15, 0.2) is 0 Å². The first-order valence-corrected chi connectivity index (χ1v) is 2.74. The van der Waals surface area contributed by atoms with Crippen LogP contribution < -0.4 is 0 Å². The molecular formula is C7H9NO. The highest BCUT2D eigenvalue weighted by molar-refractivity contribution is 5.17. The molecule has 1 rings (SSSR count). The standard InChI is InChI=1S/C7H9NO/c1-3-7-5-8(4-2)9-6-7/h3-4,6H,1-2,5H2. The van der Waals surface area contributed by atoms with E-state index < -0.39 is 0 Å². The summed E-state index contributed by atoms with van der Waals surface area (Å²) >= 11 is 0. The SMILES string of the molecule is C=CC1=CON(C=C)C1. The molecular weight excluding hydrogens is 114 g/mol. The van der Waals surface area contributed by atoms with Crippen molar-refractivity contribution in [1.29, 1.82) is 0 Å². The molecule has 48 valence electrons. The lowest BCUT2D eigenvalue weighted by Gasteiger charge is -2.08. The van der Waals surface area contributed by atoms with E-state index in [9.17, 15) is 0 Å². The second-order valence-corrected chi connectivity index (χ2v) is 1.76. The molecule has 2 heteroatoms. The maximum Gasteiger partial charge on any atom is 0.124 e. The minimum Gasteiger partial charge on any atom is -0.387 e. The Bertz CT molecular complexity index is 160. The molecule has 1 heterocycles. The molecule has 0 bridgehead atoms. The molecule has 0 aromatic heterocycles. The van der Waals surface area contributed by atoms with Gasteiger partial charge in [-0.1, -0.05) is 19.2 Å². The van der Waals surface area contributed by atoms with Crippen LogP contribution in [-0.2, 0) is 4.84 Å². The van der Waals surface area contributed by atoms with Crippen molar-refractivity contribution in [3.8, 4) is 0 Å². The van der Waals surface area contributed by atoms with Crippen molar-refractivity contribution in [2.75, 3.05) is 6.54 Å². The van der Waals surface area contributed by atoms with E-state index in [1.54, 1.807) is 23.6 Å². The molecule has 0 saturated heterocycles. The molecule has 0 aromatic rings. The Morgan fingerprint density at radius 3 is 2.78 bits per heavy atom. The van der Waals surface area contributed by atoms with Crippen molar-refractivity contribution in [3.63, 3.8) is 0 Å². The van der Waals surface area contributed by atoms with E-state index in [0.29, 0.717) is 0 Å². The van der Waals surface area contributed by atoms with Gasteiger partial charge >= 0.3 is 0 Å². The molecule has 0 unspecified atom stereocenters. The average molecular weight is 123 g/mol. The van der Waals surface area contributed by atoms with Crippen LogP contribution >= 0.6 is 0 Å². The van der Waals surface area contributed by atoms with Crippen LogP contribution in [0.1, 0.15) is 0 Å². The number of hydrogen-bond acceptors (Lipinski definition) is 2. The fraction of sp³-hybridized carbons (Fsp3) is 0.143. The first kappa shape index (κ1) is 5.95. The molecule has 9 heavy (non-hydrogen) atoms. The summed E-state index contributed by atoms with van der Waals surface area (Å²) in [4.78, 5) is 4.99.